The van der Waals surface area contributed by atoms with E-state index in [4.69, 9.17) is 11.6 Å². The van der Waals surface area contributed by atoms with Crippen LogP contribution in [0.5, 0.6) is 0 Å². The molecule has 0 bridgehead atoms. The molecule has 0 saturated carbocycles. The van der Waals surface area contributed by atoms with Gasteiger partial charge in [0.25, 0.3) is 5.91 Å². The van der Waals surface area contributed by atoms with E-state index >= 15 is 0 Å². The fourth-order valence-electron chi connectivity index (χ4n) is 1.85. The monoisotopic (exact) mass is 264 g/mol. The molecule has 3 nitrogen and oxygen atoms in total. The summed E-state index contributed by atoms with van der Waals surface area (Å²) in [6, 6.07) is 9.31. The first-order valence-corrected chi connectivity index (χ1v) is 6.40. The number of fused-ring (bicyclic) bond motifs is 1. The predicted octanol–water partition coefficient (Wildman–Crippen LogP) is 3.26. The molecule has 0 radical (unpaired) electrons. The van der Waals surface area contributed by atoms with Crippen LogP contribution in [-0.4, -0.2) is 5.91 Å². The van der Waals surface area contributed by atoms with E-state index in [1.165, 1.54) is 11.3 Å². The van der Waals surface area contributed by atoms with Gasteiger partial charge in [0.05, 0.1) is 9.90 Å². The molecule has 0 aliphatic carbocycles. The molecule has 1 aromatic heterocycles. The second kappa shape index (κ2) is 4.05. The molecule has 1 unspecified atom stereocenters. The first kappa shape index (κ1) is 10.6. The lowest BCUT2D eigenvalue weighted by atomic mass is 10.1. The smallest absolute Gasteiger partial charge is 0.255 e. The highest BCUT2D eigenvalue weighted by molar-refractivity contribution is 7.14. The van der Waals surface area contributed by atoms with Crippen molar-refractivity contribution in [1.82, 2.24) is 5.32 Å². The maximum Gasteiger partial charge on any atom is 0.255 e. The summed E-state index contributed by atoms with van der Waals surface area (Å²) in [5.74, 6) is -0.0633. The van der Waals surface area contributed by atoms with E-state index in [0.717, 1.165) is 15.6 Å². The number of amides is 1. The molecule has 0 spiro atoms. The Hall–Kier alpha value is -1.52. The van der Waals surface area contributed by atoms with Crippen LogP contribution in [0.25, 0.3) is 0 Å². The van der Waals surface area contributed by atoms with Gasteiger partial charge in [-0.25, -0.2) is 0 Å². The first-order chi connectivity index (χ1) is 8.24. The summed E-state index contributed by atoms with van der Waals surface area (Å²) < 4.78 is 0.718. The summed E-state index contributed by atoms with van der Waals surface area (Å²) in [5, 5.41) is 8.11. The fourth-order valence-corrected chi connectivity index (χ4v) is 2.77. The molecule has 1 aliphatic heterocycles. The van der Waals surface area contributed by atoms with Crippen molar-refractivity contribution in [3.05, 3.63) is 51.2 Å². The Labute approximate surface area is 107 Å². The normalized spacial score (nSPS) is 18.2. The number of hydrogen-bond acceptors (Lipinski definition) is 3. The Morgan fingerprint density at radius 1 is 1.24 bits per heavy atom. The zero-order chi connectivity index (χ0) is 11.8. The van der Waals surface area contributed by atoms with Gasteiger partial charge >= 0.3 is 0 Å². The first-order valence-electron chi connectivity index (χ1n) is 5.14. The molecule has 2 N–H and O–H groups in total. The van der Waals surface area contributed by atoms with Crippen LogP contribution in [0, 0.1) is 0 Å². The third-order valence-corrected chi connectivity index (χ3v) is 3.78. The quantitative estimate of drug-likeness (QED) is 0.830. The van der Waals surface area contributed by atoms with Gasteiger partial charge in [-0.2, -0.15) is 0 Å². The molecule has 1 amide bonds. The van der Waals surface area contributed by atoms with Crippen LogP contribution in [0.1, 0.15) is 22.1 Å². The number of hydrogen-bond donors (Lipinski definition) is 2. The van der Waals surface area contributed by atoms with E-state index < -0.39 is 0 Å². The summed E-state index contributed by atoms with van der Waals surface area (Å²) in [4.78, 5) is 11.9. The van der Waals surface area contributed by atoms with Gasteiger partial charge in [-0.1, -0.05) is 23.7 Å². The number of carbonyl (C=O) groups excluding carboxylic acids is 1. The van der Waals surface area contributed by atoms with Crippen LogP contribution in [0.3, 0.4) is 0 Å². The Kier molecular flexibility index (Phi) is 2.53. The molecule has 1 aromatic carbocycles. The lowest BCUT2D eigenvalue weighted by Gasteiger charge is -2.27. The number of para-hydroxylation sites is 1. The highest BCUT2D eigenvalue weighted by atomic mass is 35.5. The van der Waals surface area contributed by atoms with Crippen LogP contribution in [0.15, 0.2) is 35.7 Å². The zero-order valence-electron chi connectivity index (χ0n) is 8.74. The van der Waals surface area contributed by atoms with E-state index in [1.807, 2.05) is 29.6 Å². The molecule has 0 saturated heterocycles. The van der Waals surface area contributed by atoms with E-state index in [0.29, 0.717) is 5.56 Å². The van der Waals surface area contributed by atoms with Gasteiger partial charge < -0.3 is 10.6 Å². The Morgan fingerprint density at radius 2 is 2.06 bits per heavy atom. The van der Waals surface area contributed by atoms with Gasteiger partial charge in [0.1, 0.15) is 6.17 Å². The zero-order valence-corrected chi connectivity index (χ0v) is 10.3. The van der Waals surface area contributed by atoms with Crippen LogP contribution >= 0.6 is 22.9 Å². The van der Waals surface area contributed by atoms with Crippen molar-refractivity contribution in [3.63, 3.8) is 0 Å². The van der Waals surface area contributed by atoms with E-state index in [9.17, 15) is 4.79 Å². The number of rotatable bonds is 1. The van der Waals surface area contributed by atoms with Gasteiger partial charge in [-0.3, -0.25) is 4.79 Å². The van der Waals surface area contributed by atoms with Crippen LogP contribution in [0.4, 0.5) is 5.69 Å². The summed E-state index contributed by atoms with van der Waals surface area (Å²) in [6.07, 6.45) is -0.207. The molecule has 2 aromatic rings. The van der Waals surface area contributed by atoms with Crippen LogP contribution < -0.4 is 10.6 Å². The second-order valence-electron chi connectivity index (χ2n) is 3.78. The molecule has 86 valence electrons. The molecule has 17 heavy (non-hydrogen) atoms. The lowest BCUT2D eigenvalue weighted by molar-refractivity contribution is 0.0936. The number of benzene rings is 1. The minimum Gasteiger partial charge on any atom is -0.361 e. The third-order valence-electron chi connectivity index (χ3n) is 2.67. The van der Waals surface area contributed by atoms with Gasteiger partial charge in [0.2, 0.25) is 0 Å². The number of halogens is 1. The highest BCUT2D eigenvalue weighted by Crippen LogP contribution is 2.30. The molecule has 0 fully saturated rings. The van der Waals surface area contributed by atoms with Crippen molar-refractivity contribution in [2.75, 3.05) is 5.32 Å². The van der Waals surface area contributed by atoms with Crippen molar-refractivity contribution < 1.29 is 4.79 Å². The minimum atomic E-state index is -0.207. The summed E-state index contributed by atoms with van der Waals surface area (Å²) in [5.41, 5.74) is 2.50. The average Bonchev–Trinajstić information content (AvgIpc) is 2.76. The fraction of sp³-hybridized carbons (Fsp3) is 0.0833. The van der Waals surface area contributed by atoms with Gasteiger partial charge in [0, 0.05) is 11.3 Å². The maximum atomic E-state index is 11.9. The van der Waals surface area contributed by atoms with Crippen LogP contribution in [-0.2, 0) is 0 Å². The average molecular weight is 265 g/mol. The largest absolute Gasteiger partial charge is 0.361 e. The van der Waals surface area contributed by atoms with Crippen molar-refractivity contribution >= 4 is 34.5 Å². The lowest BCUT2D eigenvalue weighted by Crippen LogP contribution is -2.38. The van der Waals surface area contributed by atoms with E-state index in [1.54, 1.807) is 6.07 Å². The minimum absolute atomic E-state index is 0.0633. The molecular weight excluding hydrogens is 256 g/mol. The third kappa shape index (κ3) is 1.90. The van der Waals surface area contributed by atoms with Gasteiger partial charge in [-0.15, -0.1) is 11.3 Å². The molecule has 2 heterocycles. The number of anilines is 1. The summed E-state index contributed by atoms with van der Waals surface area (Å²) in [6.45, 7) is 0. The standard InChI is InChI=1S/C12H9ClN2OS/c13-10-5-7(6-17-10)11-14-9-4-2-1-3-8(9)12(16)15-11/h1-6,11,14H,(H,15,16). The van der Waals surface area contributed by atoms with Gasteiger partial charge in [-0.05, 0) is 23.6 Å². The maximum absolute atomic E-state index is 11.9. The van der Waals surface area contributed by atoms with E-state index in [2.05, 4.69) is 10.6 Å². The van der Waals surface area contributed by atoms with Crippen LogP contribution in [0.2, 0.25) is 4.34 Å². The summed E-state index contributed by atoms with van der Waals surface area (Å²) in [7, 11) is 0. The SMILES string of the molecule is O=C1NC(c2csc(Cl)c2)Nc2ccccc21. The van der Waals surface area contributed by atoms with E-state index in [-0.39, 0.29) is 12.1 Å². The topological polar surface area (TPSA) is 41.1 Å². The Bertz CT molecular complexity index is 581. The number of thiophene rings is 1. The van der Waals surface area contributed by atoms with Crippen molar-refractivity contribution in [1.29, 1.82) is 0 Å². The Morgan fingerprint density at radius 3 is 2.82 bits per heavy atom. The molecular formula is C12H9ClN2OS. The van der Waals surface area contributed by atoms with Crippen molar-refractivity contribution in [2.45, 2.75) is 6.17 Å². The number of nitrogens with one attached hydrogen (secondary N) is 2. The highest BCUT2D eigenvalue weighted by Gasteiger charge is 2.24. The van der Waals surface area contributed by atoms with Crippen molar-refractivity contribution in [3.8, 4) is 0 Å². The number of carbonyl (C=O) groups is 1. The van der Waals surface area contributed by atoms with Gasteiger partial charge in [0.15, 0.2) is 0 Å². The predicted molar refractivity (Wildman–Crippen MR) is 69.6 cm³/mol. The second-order valence-corrected chi connectivity index (χ2v) is 5.32. The molecule has 3 rings (SSSR count). The Balaban J connectivity index is 1.96. The molecule has 1 aliphatic rings. The molecule has 1 atom stereocenters. The van der Waals surface area contributed by atoms with Crippen molar-refractivity contribution in [2.24, 2.45) is 0 Å². The summed E-state index contributed by atoms with van der Waals surface area (Å²) >= 11 is 7.35. The molecule has 5 heteroatoms.